The quantitative estimate of drug-likeness (QED) is 0.548. The highest BCUT2D eigenvalue weighted by Crippen LogP contribution is 2.40. The lowest BCUT2D eigenvalue weighted by molar-refractivity contribution is 0.207. The zero-order chi connectivity index (χ0) is 20.9. The molecule has 0 saturated heterocycles. The summed E-state index contributed by atoms with van der Waals surface area (Å²) in [6.07, 6.45) is 6.13. The van der Waals surface area contributed by atoms with Crippen LogP contribution in [0.15, 0.2) is 36.7 Å². The van der Waals surface area contributed by atoms with Gasteiger partial charge in [-0.2, -0.15) is 10.4 Å². The molecule has 0 radical (unpaired) electrons. The Morgan fingerprint density at radius 3 is 2.73 bits per heavy atom. The Balaban J connectivity index is 1.57. The normalized spacial score (nSPS) is 18.0. The molecule has 0 bridgehead atoms. The van der Waals surface area contributed by atoms with Gasteiger partial charge in [0.05, 0.1) is 30.8 Å². The number of benzene rings is 1. The lowest BCUT2D eigenvalue weighted by Crippen LogP contribution is -2.23. The number of methoxy groups -OCH3 is 1. The number of nitrogens with one attached hydrogen (secondary N) is 3. The zero-order valence-corrected chi connectivity index (χ0v) is 16.8. The first kappa shape index (κ1) is 19.7. The number of ether oxygens (including phenoxy) is 2. The smallest absolute Gasteiger partial charge is 0.158 e. The summed E-state index contributed by atoms with van der Waals surface area (Å²) in [5.74, 6) is 2.51. The molecule has 0 aliphatic heterocycles. The number of nitriles is 1. The van der Waals surface area contributed by atoms with Crippen molar-refractivity contribution in [3.63, 3.8) is 0 Å². The van der Waals surface area contributed by atoms with Crippen molar-refractivity contribution in [1.82, 2.24) is 25.5 Å². The van der Waals surface area contributed by atoms with Gasteiger partial charge >= 0.3 is 0 Å². The Morgan fingerprint density at radius 1 is 1.17 bits per heavy atom. The van der Waals surface area contributed by atoms with Gasteiger partial charge in [-0.25, -0.2) is 9.97 Å². The lowest BCUT2D eigenvalue weighted by Gasteiger charge is -2.18. The van der Waals surface area contributed by atoms with E-state index in [4.69, 9.17) is 14.7 Å². The van der Waals surface area contributed by atoms with Gasteiger partial charge in [-0.3, -0.25) is 5.10 Å². The number of aromatic nitrogens is 4. The highest BCUT2D eigenvalue weighted by atomic mass is 16.5. The first-order valence-corrected chi connectivity index (χ1v) is 9.76. The fourth-order valence-electron chi connectivity index (χ4n) is 3.63. The Labute approximate surface area is 174 Å². The molecule has 2 aromatic heterocycles. The van der Waals surface area contributed by atoms with E-state index in [1.165, 1.54) is 12.4 Å². The molecule has 3 N–H and O–H groups in total. The maximum atomic E-state index is 8.84. The molecule has 9 nitrogen and oxygen atoms in total. The highest BCUT2D eigenvalue weighted by molar-refractivity contribution is 5.76. The molecule has 1 saturated carbocycles. The summed E-state index contributed by atoms with van der Waals surface area (Å²) in [7, 11) is 3.62. The molecule has 0 amide bonds. The maximum absolute atomic E-state index is 8.84. The van der Waals surface area contributed by atoms with Crippen LogP contribution in [-0.4, -0.2) is 46.5 Å². The maximum Gasteiger partial charge on any atom is 0.158 e. The van der Waals surface area contributed by atoms with E-state index in [1.54, 1.807) is 7.11 Å². The first-order chi connectivity index (χ1) is 14.7. The molecule has 9 heteroatoms. The van der Waals surface area contributed by atoms with E-state index in [2.05, 4.69) is 30.8 Å². The van der Waals surface area contributed by atoms with Crippen LogP contribution in [0.1, 0.15) is 25.0 Å². The van der Waals surface area contributed by atoms with Crippen LogP contribution in [0.25, 0.3) is 11.3 Å². The number of hydrogen-bond donors (Lipinski definition) is 3. The van der Waals surface area contributed by atoms with Crippen LogP contribution >= 0.6 is 0 Å². The number of anilines is 2. The van der Waals surface area contributed by atoms with Gasteiger partial charge in [0.1, 0.15) is 29.5 Å². The summed E-state index contributed by atoms with van der Waals surface area (Å²) in [6.45, 7) is 0. The summed E-state index contributed by atoms with van der Waals surface area (Å²) >= 11 is 0. The van der Waals surface area contributed by atoms with Crippen LogP contribution in [0.3, 0.4) is 0 Å². The summed E-state index contributed by atoms with van der Waals surface area (Å²) in [6, 6.07) is 10.1. The van der Waals surface area contributed by atoms with E-state index in [0.29, 0.717) is 23.4 Å². The number of H-pyrrole nitrogens is 1. The minimum absolute atomic E-state index is 0.155. The largest absolute Gasteiger partial charge is 0.496 e. The van der Waals surface area contributed by atoms with Gasteiger partial charge < -0.3 is 20.1 Å². The Morgan fingerprint density at radius 2 is 2.03 bits per heavy atom. The zero-order valence-electron chi connectivity index (χ0n) is 16.8. The van der Waals surface area contributed by atoms with Crippen LogP contribution < -0.4 is 20.1 Å². The van der Waals surface area contributed by atoms with Crippen molar-refractivity contribution < 1.29 is 9.47 Å². The van der Waals surface area contributed by atoms with Crippen LogP contribution in [-0.2, 0) is 0 Å². The van der Waals surface area contributed by atoms with Crippen LogP contribution in [0, 0.1) is 11.3 Å². The van der Waals surface area contributed by atoms with Gasteiger partial charge in [0.2, 0.25) is 0 Å². The minimum atomic E-state index is 0.155. The number of hydrogen-bond acceptors (Lipinski definition) is 8. The molecule has 1 aromatic carbocycles. The molecule has 1 aliphatic carbocycles. The molecule has 3 aromatic rings. The Hall–Kier alpha value is -3.64. The molecule has 1 aliphatic rings. The van der Waals surface area contributed by atoms with Crippen molar-refractivity contribution in [1.29, 1.82) is 5.26 Å². The van der Waals surface area contributed by atoms with E-state index in [9.17, 15) is 0 Å². The molecule has 0 unspecified atom stereocenters. The fraction of sp³-hybridized carbons (Fsp3) is 0.333. The molecule has 2 atom stereocenters. The Kier molecular flexibility index (Phi) is 5.77. The lowest BCUT2D eigenvalue weighted by atomic mass is 10.1. The van der Waals surface area contributed by atoms with E-state index >= 15 is 0 Å². The van der Waals surface area contributed by atoms with Crippen molar-refractivity contribution in [3.05, 3.63) is 42.4 Å². The van der Waals surface area contributed by atoms with Crippen LogP contribution in [0.5, 0.6) is 11.5 Å². The van der Waals surface area contributed by atoms with E-state index in [-0.39, 0.29) is 11.8 Å². The fourth-order valence-corrected chi connectivity index (χ4v) is 3.63. The third-order valence-corrected chi connectivity index (χ3v) is 5.16. The SMILES string of the molecule is CN[C@H]1CC[C@@H](Oc2cccc(OC)c2-c2cc(Nc3cnc(C#N)cn3)n[nH]2)C1. The summed E-state index contributed by atoms with van der Waals surface area (Å²) in [5.41, 5.74) is 1.83. The van der Waals surface area contributed by atoms with Gasteiger partial charge in [0, 0.05) is 12.1 Å². The van der Waals surface area contributed by atoms with Crippen molar-refractivity contribution in [2.24, 2.45) is 0 Å². The highest BCUT2D eigenvalue weighted by Gasteiger charge is 2.26. The Bertz CT molecular complexity index is 1040. The average Bonchev–Trinajstić information content (AvgIpc) is 3.43. The molecule has 2 heterocycles. The van der Waals surface area contributed by atoms with Gasteiger partial charge in [-0.1, -0.05) is 6.07 Å². The molecule has 1 fully saturated rings. The molecule has 4 rings (SSSR count). The predicted molar refractivity (Wildman–Crippen MR) is 112 cm³/mol. The number of rotatable bonds is 7. The topological polar surface area (TPSA) is 121 Å². The second-order valence-electron chi connectivity index (χ2n) is 7.06. The minimum Gasteiger partial charge on any atom is -0.496 e. The summed E-state index contributed by atoms with van der Waals surface area (Å²) < 4.78 is 11.9. The van der Waals surface area contributed by atoms with Gasteiger partial charge in [-0.05, 0) is 38.4 Å². The second kappa shape index (κ2) is 8.80. The molecular formula is C21H23N7O2. The van der Waals surface area contributed by atoms with E-state index < -0.39 is 0 Å². The van der Waals surface area contributed by atoms with Crippen LogP contribution in [0.4, 0.5) is 11.6 Å². The van der Waals surface area contributed by atoms with Crippen molar-refractivity contribution in [2.75, 3.05) is 19.5 Å². The van der Waals surface area contributed by atoms with E-state index in [0.717, 1.165) is 36.3 Å². The number of nitrogens with zero attached hydrogens (tertiary/aromatic N) is 4. The second-order valence-corrected chi connectivity index (χ2v) is 7.06. The van der Waals surface area contributed by atoms with Gasteiger partial charge in [-0.15, -0.1) is 0 Å². The predicted octanol–water partition coefficient (Wildman–Crippen LogP) is 3.01. The van der Waals surface area contributed by atoms with Crippen molar-refractivity contribution >= 4 is 11.6 Å². The standard InChI is InChI=1S/C21H23N7O2/c1-23-13-6-7-15(8-13)30-18-5-3-4-17(29-2)21(18)16-9-19(28-27-16)26-20-12-24-14(10-22)11-25-20/h3-5,9,11-13,15,23H,6-8H2,1-2H3,(H2,25,26,27,28)/t13-,15+/m0/s1. The third-order valence-electron chi connectivity index (χ3n) is 5.16. The van der Waals surface area contributed by atoms with Crippen molar-refractivity contribution in [2.45, 2.75) is 31.4 Å². The summed E-state index contributed by atoms with van der Waals surface area (Å²) in [4.78, 5) is 8.16. The number of aromatic amines is 1. The van der Waals surface area contributed by atoms with Gasteiger partial charge in [0.25, 0.3) is 0 Å². The first-order valence-electron chi connectivity index (χ1n) is 9.76. The van der Waals surface area contributed by atoms with E-state index in [1.807, 2.05) is 37.4 Å². The van der Waals surface area contributed by atoms with Gasteiger partial charge in [0.15, 0.2) is 11.5 Å². The molecule has 0 spiro atoms. The summed E-state index contributed by atoms with van der Waals surface area (Å²) in [5, 5.41) is 22.6. The molecule has 154 valence electrons. The third kappa shape index (κ3) is 4.18. The van der Waals surface area contributed by atoms with Crippen molar-refractivity contribution in [3.8, 4) is 28.8 Å². The molecule has 30 heavy (non-hydrogen) atoms. The average molecular weight is 405 g/mol. The monoisotopic (exact) mass is 405 g/mol. The molecular weight excluding hydrogens is 382 g/mol. The van der Waals surface area contributed by atoms with Crippen LogP contribution in [0.2, 0.25) is 0 Å².